The van der Waals surface area contributed by atoms with E-state index in [-0.39, 0.29) is 12.3 Å². The van der Waals surface area contributed by atoms with Crippen LogP contribution in [0.4, 0.5) is 0 Å². The fraction of sp³-hybridized carbons (Fsp3) is 0.308. The third-order valence-electron chi connectivity index (χ3n) is 2.26. The van der Waals surface area contributed by atoms with E-state index in [0.29, 0.717) is 6.54 Å². The van der Waals surface area contributed by atoms with Crippen molar-refractivity contribution in [3.05, 3.63) is 35.4 Å². The third-order valence-corrected chi connectivity index (χ3v) is 2.26. The number of carbonyl (C=O) groups excluding carboxylic acids is 1. The Morgan fingerprint density at radius 3 is 2.69 bits per heavy atom. The Morgan fingerprint density at radius 2 is 2.12 bits per heavy atom. The molecule has 1 aromatic rings. The Morgan fingerprint density at radius 1 is 1.50 bits per heavy atom. The molecule has 1 aromatic carbocycles. The monoisotopic (exact) mass is 216 g/mol. The molecule has 0 bridgehead atoms. The highest BCUT2D eigenvalue weighted by molar-refractivity contribution is 5.81. The minimum atomic E-state index is -0.615. The van der Waals surface area contributed by atoms with Crippen molar-refractivity contribution in [3.8, 4) is 12.3 Å². The molecule has 0 aliphatic carbocycles. The minimum Gasteiger partial charge on any atom is -0.351 e. The van der Waals surface area contributed by atoms with Crippen LogP contribution in [0, 0.1) is 19.3 Å². The van der Waals surface area contributed by atoms with Crippen LogP contribution < -0.4 is 11.1 Å². The Bertz CT molecular complexity index is 389. The summed E-state index contributed by atoms with van der Waals surface area (Å²) < 4.78 is 0. The Kier molecular flexibility index (Phi) is 4.56. The van der Waals surface area contributed by atoms with Crippen LogP contribution in [0.15, 0.2) is 24.3 Å². The van der Waals surface area contributed by atoms with Crippen molar-refractivity contribution in [2.45, 2.75) is 25.9 Å². The first-order valence-electron chi connectivity index (χ1n) is 5.16. The van der Waals surface area contributed by atoms with Crippen molar-refractivity contribution in [1.29, 1.82) is 0 Å². The molecule has 1 unspecified atom stereocenters. The molecule has 0 fully saturated rings. The van der Waals surface area contributed by atoms with Crippen molar-refractivity contribution >= 4 is 5.91 Å². The van der Waals surface area contributed by atoms with Gasteiger partial charge in [-0.15, -0.1) is 12.3 Å². The van der Waals surface area contributed by atoms with Gasteiger partial charge in [-0.05, 0) is 12.5 Å². The fourth-order valence-electron chi connectivity index (χ4n) is 1.25. The van der Waals surface area contributed by atoms with Gasteiger partial charge in [0.25, 0.3) is 0 Å². The quantitative estimate of drug-likeness (QED) is 0.737. The molecule has 0 radical (unpaired) electrons. The number of amides is 1. The zero-order valence-electron chi connectivity index (χ0n) is 9.36. The summed E-state index contributed by atoms with van der Waals surface area (Å²) in [6.45, 7) is 2.50. The number of benzene rings is 1. The van der Waals surface area contributed by atoms with Gasteiger partial charge >= 0.3 is 0 Å². The smallest absolute Gasteiger partial charge is 0.238 e. The number of rotatable bonds is 4. The molecule has 1 atom stereocenters. The molecule has 0 aromatic heterocycles. The second-order valence-electron chi connectivity index (χ2n) is 3.72. The summed E-state index contributed by atoms with van der Waals surface area (Å²) in [7, 11) is 0. The molecule has 0 saturated carbocycles. The van der Waals surface area contributed by atoms with Crippen LogP contribution in [0.5, 0.6) is 0 Å². The number of aryl methyl sites for hydroxylation is 1. The fourth-order valence-corrected chi connectivity index (χ4v) is 1.25. The SMILES string of the molecule is C#CCC(N)C(=O)NCc1ccc(C)cc1. The van der Waals surface area contributed by atoms with Gasteiger partial charge in [-0.2, -0.15) is 0 Å². The first-order chi connectivity index (χ1) is 7.63. The average Bonchev–Trinajstić information content (AvgIpc) is 2.28. The summed E-state index contributed by atoms with van der Waals surface area (Å²) in [5.74, 6) is 2.16. The number of nitrogens with two attached hydrogens (primary N) is 1. The molecule has 16 heavy (non-hydrogen) atoms. The zero-order valence-corrected chi connectivity index (χ0v) is 9.36. The Labute approximate surface area is 96.0 Å². The van der Waals surface area contributed by atoms with E-state index < -0.39 is 6.04 Å². The molecular weight excluding hydrogens is 200 g/mol. The largest absolute Gasteiger partial charge is 0.351 e. The Balaban J connectivity index is 2.43. The van der Waals surface area contributed by atoms with Gasteiger partial charge in [0.15, 0.2) is 0 Å². The van der Waals surface area contributed by atoms with Gasteiger partial charge in [0.2, 0.25) is 5.91 Å². The van der Waals surface area contributed by atoms with E-state index in [4.69, 9.17) is 12.2 Å². The molecule has 1 amide bonds. The van der Waals surface area contributed by atoms with E-state index in [0.717, 1.165) is 5.56 Å². The number of nitrogens with one attached hydrogen (secondary N) is 1. The van der Waals surface area contributed by atoms with E-state index >= 15 is 0 Å². The van der Waals surface area contributed by atoms with Crippen LogP contribution in [0.2, 0.25) is 0 Å². The average molecular weight is 216 g/mol. The summed E-state index contributed by atoms with van der Waals surface area (Å²) in [6, 6.07) is 7.34. The molecular formula is C13H16N2O. The van der Waals surface area contributed by atoms with Crippen LogP contribution in [0.25, 0.3) is 0 Å². The number of carbonyl (C=O) groups is 1. The number of hydrogen-bond acceptors (Lipinski definition) is 2. The van der Waals surface area contributed by atoms with Gasteiger partial charge in [0, 0.05) is 13.0 Å². The summed E-state index contributed by atoms with van der Waals surface area (Å²) in [5, 5.41) is 2.74. The predicted molar refractivity (Wildman–Crippen MR) is 64.5 cm³/mol. The lowest BCUT2D eigenvalue weighted by atomic mass is 10.1. The molecule has 0 spiro atoms. The van der Waals surface area contributed by atoms with Crippen LogP contribution >= 0.6 is 0 Å². The third kappa shape index (κ3) is 3.76. The van der Waals surface area contributed by atoms with E-state index in [1.807, 2.05) is 31.2 Å². The maximum atomic E-state index is 11.4. The maximum absolute atomic E-state index is 11.4. The van der Waals surface area contributed by atoms with E-state index in [1.54, 1.807) is 0 Å². The van der Waals surface area contributed by atoms with Crippen LogP contribution in [0.1, 0.15) is 17.5 Å². The van der Waals surface area contributed by atoms with Gasteiger partial charge < -0.3 is 11.1 Å². The normalized spacial score (nSPS) is 11.6. The predicted octanol–water partition coefficient (Wildman–Crippen LogP) is 0.962. The summed E-state index contributed by atoms with van der Waals surface area (Å²) in [4.78, 5) is 11.4. The van der Waals surface area contributed by atoms with Crippen molar-refractivity contribution in [1.82, 2.24) is 5.32 Å². The lowest BCUT2D eigenvalue weighted by Gasteiger charge is -2.09. The van der Waals surface area contributed by atoms with Crippen molar-refractivity contribution in [3.63, 3.8) is 0 Å². The molecule has 1 rings (SSSR count). The molecule has 0 saturated heterocycles. The van der Waals surface area contributed by atoms with Crippen molar-refractivity contribution in [2.24, 2.45) is 5.73 Å². The molecule has 3 nitrogen and oxygen atoms in total. The molecule has 84 valence electrons. The topological polar surface area (TPSA) is 55.1 Å². The van der Waals surface area contributed by atoms with E-state index in [2.05, 4.69) is 11.2 Å². The second kappa shape index (κ2) is 5.94. The van der Waals surface area contributed by atoms with Gasteiger partial charge in [-0.3, -0.25) is 4.79 Å². The molecule has 3 N–H and O–H groups in total. The van der Waals surface area contributed by atoms with Crippen LogP contribution in [-0.2, 0) is 11.3 Å². The first kappa shape index (κ1) is 12.3. The first-order valence-corrected chi connectivity index (χ1v) is 5.16. The van der Waals surface area contributed by atoms with Gasteiger partial charge in [-0.1, -0.05) is 29.8 Å². The van der Waals surface area contributed by atoms with Crippen LogP contribution in [0.3, 0.4) is 0 Å². The Hall–Kier alpha value is -1.79. The molecule has 3 heteroatoms. The lowest BCUT2D eigenvalue weighted by Crippen LogP contribution is -2.39. The molecule has 0 aliphatic rings. The van der Waals surface area contributed by atoms with Gasteiger partial charge in [0.1, 0.15) is 0 Å². The number of terminal acetylenes is 1. The lowest BCUT2D eigenvalue weighted by molar-refractivity contribution is -0.122. The minimum absolute atomic E-state index is 0.210. The highest BCUT2D eigenvalue weighted by Gasteiger charge is 2.10. The van der Waals surface area contributed by atoms with Gasteiger partial charge in [-0.25, -0.2) is 0 Å². The molecule has 0 heterocycles. The standard InChI is InChI=1S/C13H16N2O/c1-3-4-12(14)13(16)15-9-11-7-5-10(2)6-8-11/h1,5-8,12H,4,9,14H2,2H3,(H,15,16). The van der Waals surface area contributed by atoms with Crippen molar-refractivity contribution < 1.29 is 4.79 Å². The van der Waals surface area contributed by atoms with E-state index in [1.165, 1.54) is 5.56 Å². The van der Waals surface area contributed by atoms with E-state index in [9.17, 15) is 4.79 Å². The summed E-state index contributed by atoms with van der Waals surface area (Å²) >= 11 is 0. The summed E-state index contributed by atoms with van der Waals surface area (Å²) in [5.41, 5.74) is 7.80. The zero-order chi connectivity index (χ0) is 12.0. The number of hydrogen-bond donors (Lipinski definition) is 2. The van der Waals surface area contributed by atoms with Crippen molar-refractivity contribution in [2.75, 3.05) is 0 Å². The summed E-state index contributed by atoms with van der Waals surface area (Å²) in [6.07, 6.45) is 5.34. The second-order valence-corrected chi connectivity index (χ2v) is 3.72. The highest BCUT2D eigenvalue weighted by atomic mass is 16.2. The van der Waals surface area contributed by atoms with Crippen LogP contribution in [-0.4, -0.2) is 11.9 Å². The molecule has 0 aliphatic heterocycles. The maximum Gasteiger partial charge on any atom is 0.238 e. The van der Waals surface area contributed by atoms with Gasteiger partial charge in [0.05, 0.1) is 6.04 Å². The highest BCUT2D eigenvalue weighted by Crippen LogP contribution is 2.02.